The van der Waals surface area contributed by atoms with Crippen molar-refractivity contribution in [3.05, 3.63) is 32.9 Å². The number of anilines is 2. The Balaban J connectivity index is 1.89. The summed E-state index contributed by atoms with van der Waals surface area (Å²) in [7, 11) is 0. The molecule has 0 spiro atoms. The first kappa shape index (κ1) is 11.5. The van der Waals surface area contributed by atoms with E-state index in [0.29, 0.717) is 23.3 Å². The molecule has 0 fully saturated rings. The molecule has 0 amide bonds. The molecule has 2 aromatic heterocycles. The SMILES string of the molecule is Nc1ccc(NCc2sccc2Br)c2nonc12. The van der Waals surface area contributed by atoms with Crippen molar-refractivity contribution >= 4 is 49.7 Å². The Bertz CT molecular complexity index is 693. The van der Waals surface area contributed by atoms with Crippen LogP contribution in [0.4, 0.5) is 11.4 Å². The smallest absolute Gasteiger partial charge is 0.160 e. The van der Waals surface area contributed by atoms with Gasteiger partial charge in [0.1, 0.15) is 0 Å². The van der Waals surface area contributed by atoms with Gasteiger partial charge < -0.3 is 11.1 Å². The maximum Gasteiger partial charge on any atom is 0.160 e. The van der Waals surface area contributed by atoms with Crippen LogP contribution in [0.1, 0.15) is 4.88 Å². The summed E-state index contributed by atoms with van der Waals surface area (Å²) in [5, 5.41) is 13.0. The summed E-state index contributed by atoms with van der Waals surface area (Å²) in [5.41, 5.74) is 8.46. The lowest BCUT2D eigenvalue weighted by Gasteiger charge is -2.06. The van der Waals surface area contributed by atoms with Gasteiger partial charge in [0.2, 0.25) is 0 Å². The number of thiophene rings is 1. The van der Waals surface area contributed by atoms with Crippen LogP contribution in [0.25, 0.3) is 11.0 Å². The van der Waals surface area contributed by atoms with Crippen molar-refractivity contribution in [1.82, 2.24) is 10.3 Å². The highest BCUT2D eigenvalue weighted by Crippen LogP contribution is 2.27. The van der Waals surface area contributed by atoms with Crippen LogP contribution in [0.2, 0.25) is 0 Å². The number of fused-ring (bicyclic) bond motifs is 1. The van der Waals surface area contributed by atoms with Crippen molar-refractivity contribution in [2.75, 3.05) is 11.1 Å². The highest BCUT2D eigenvalue weighted by atomic mass is 79.9. The van der Waals surface area contributed by atoms with E-state index in [1.807, 2.05) is 17.5 Å². The molecule has 0 aliphatic rings. The maximum absolute atomic E-state index is 5.79. The number of hydrogen-bond donors (Lipinski definition) is 2. The Hall–Kier alpha value is -1.60. The molecular weight excluding hydrogens is 316 g/mol. The van der Waals surface area contributed by atoms with E-state index < -0.39 is 0 Å². The normalized spacial score (nSPS) is 10.9. The van der Waals surface area contributed by atoms with Gasteiger partial charge in [-0.3, -0.25) is 0 Å². The minimum absolute atomic E-state index is 0.564. The van der Waals surface area contributed by atoms with Gasteiger partial charge in [0.25, 0.3) is 0 Å². The molecule has 18 heavy (non-hydrogen) atoms. The third-order valence-corrected chi connectivity index (χ3v) is 4.50. The number of halogens is 1. The molecule has 3 rings (SSSR count). The summed E-state index contributed by atoms with van der Waals surface area (Å²) in [5.74, 6) is 0. The van der Waals surface area contributed by atoms with E-state index in [-0.39, 0.29) is 0 Å². The molecule has 1 aromatic carbocycles. The van der Waals surface area contributed by atoms with Gasteiger partial charge in [0.15, 0.2) is 11.0 Å². The van der Waals surface area contributed by atoms with Crippen LogP contribution in [0.5, 0.6) is 0 Å². The third-order valence-electron chi connectivity index (χ3n) is 2.58. The molecule has 0 saturated carbocycles. The number of nitrogens with one attached hydrogen (secondary N) is 1. The average Bonchev–Trinajstić information content (AvgIpc) is 2.98. The van der Waals surface area contributed by atoms with Crippen LogP contribution in [-0.4, -0.2) is 10.3 Å². The van der Waals surface area contributed by atoms with Crippen molar-refractivity contribution in [3.8, 4) is 0 Å². The minimum Gasteiger partial charge on any atom is -0.397 e. The Labute approximate surface area is 115 Å². The average molecular weight is 325 g/mol. The molecule has 0 aliphatic carbocycles. The van der Waals surface area contributed by atoms with Gasteiger partial charge in [-0.15, -0.1) is 11.3 Å². The predicted molar refractivity (Wildman–Crippen MR) is 75.6 cm³/mol. The van der Waals surface area contributed by atoms with Gasteiger partial charge in [-0.1, -0.05) is 0 Å². The largest absolute Gasteiger partial charge is 0.397 e. The molecule has 0 unspecified atom stereocenters. The van der Waals surface area contributed by atoms with E-state index in [1.54, 1.807) is 17.4 Å². The standard InChI is InChI=1S/C11H9BrN4OS/c12-6-3-4-18-9(6)5-14-8-2-1-7(13)10-11(8)16-17-15-10/h1-4,14H,5,13H2. The lowest BCUT2D eigenvalue weighted by atomic mass is 10.2. The molecule has 3 N–H and O–H groups in total. The highest BCUT2D eigenvalue weighted by Gasteiger charge is 2.10. The number of nitrogens with two attached hydrogens (primary N) is 1. The third kappa shape index (κ3) is 1.95. The molecule has 92 valence electrons. The van der Waals surface area contributed by atoms with Gasteiger partial charge in [0, 0.05) is 9.35 Å². The Morgan fingerprint density at radius 3 is 2.89 bits per heavy atom. The lowest BCUT2D eigenvalue weighted by molar-refractivity contribution is 0.316. The molecule has 0 aliphatic heterocycles. The Morgan fingerprint density at radius 1 is 1.28 bits per heavy atom. The van der Waals surface area contributed by atoms with Gasteiger partial charge in [-0.05, 0) is 49.8 Å². The van der Waals surface area contributed by atoms with Gasteiger partial charge >= 0.3 is 0 Å². The first-order valence-electron chi connectivity index (χ1n) is 5.22. The summed E-state index contributed by atoms with van der Waals surface area (Å²) in [4.78, 5) is 1.22. The summed E-state index contributed by atoms with van der Waals surface area (Å²) >= 11 is 5.18. The molecule has 0 saturated heterocycles. The molecule has 5 nitrogen and oxygen atoms in total. The monoisotopic (exact) mass is 324 g/mol. The van der Waals surface area contributed by atoms with Gasteiger partial charge in [-0.2, -0.15) is 0 Å². The lowest BCUT2D eigenvalue weighted by Crippen LogP contribution is -1.99. The van der Waals surface area contributed by atoms with Crippen LogP contribution >= 0.6 is 27.3 Å². The Morgan fingerprint density at radius 2 is 2.11 bits per heavy atom. The van der Waals surface area contributed by atoms with Gasteiger partial charge in [-0.25, -0.2) is 4.63 Å². The predicted octanol–water partition coefficient (Wildman–Crippen LogP) is 3.24. The minimum atomic E-state index is 0.564. The first-order valence-corrected chi connectivity index (χ1v) is 6.89. The van der Waals surface area contributed by atoms with Gasteiger partial charge in [0.05, 0.1) is 17.9 Å². The van der Waals surface area contributed by atoms with Crippen LogP contribution in [-0.2, 0) is 6.54 Å². The number of aromatic nitrogens is 2. The zero-order chi connectivity index (χ0) is 12.5. The van der Waals surface area contributed by atoms with Crippen molar-refractivity contribution in [3.63, 3.8) is 0 Å². The fraction of sp³-hybridized carbons (Fsp3) is 0.0909. The molecule has 0 bridgehead atoms. The summed E-state index contributed by atoms with van der Waals surface area (Å²) in [6.07, 6.45) is 0. The zero-order valence-electron chi connectivity index (χ0n) is 9.18. The number of hydrogen-bond acceptors (Lipinski definition) is 6. The van der Waals surface area contributed by atoms with E-state index in [2.05, 4.69) is 31.6 Å². The molecule has 3 aromatic rings. The number of benzene rings is 1. The summed E-state index contributed by atoms with van der Waals surface area (Å²) < 4.78 is 5.82. The highest BCUT2D eigenvalue weighted by molar-refractivity contribution is 9.10. The number of nitrogens with zero attached hydrogens (tertiary/aromatic N) is 2. The second-order valence-corrected chi connectivity index (χ2v) is 5.56. The van der Waals surface area contributed by atoms with Crippen LogP contribution in [0.15, 0.2) is 32.7 Å². The van der Waals surface area contributed by atoms with E-state index in [1.165, 1.54) is 4.88 Å². The van der Waals surface area contributed by atoms with E-state index >= 15 is 0 Å². The first-order chi connectivity index (χ1) is 8.75. The molecular formula is C11H9BrN4OS. The van der Waals surface area contributed by atoms with E-state index in [4.69, 9.17) is 10.4 Å². The maximum atomic E-state index is 5.79. The van der Waals surface area contributed by atoms with Crippen molar-refractivity contribution in [1.29, 1.82) is 0 Å². The molecule has 0 radical (unpaired) electrons. The summed E-state index contributed by atoms with van der Waals surface area (Å²) in [6.45, 7) is 0.712. The Kier molecular flexibility index (Phi) is 2.92. The van der Waals surface area contributed by atoms with Crippen LogP contribution in [0.3, 0.4) is 0 Å². The molecule has 7 heteroatoms. The van der Waals surface area contributed by atoms with E-state index in [9.17, 15) is 0 Å². The summed E-state index contributed by atoms with van der Waals surface area (Å²) in [6, 6.07) is 5.69. The van der Waals surface area contributed by atoms with Crippen LogP contribution in [0, 0.1) is 0 Å². The molecule has 2 heterocycles. The quantitative estimate of drug-likeness (QED) is 0.723. The van der Waals surface area contributed by atoms with Crippen molar-refractivity contribution in [2.45, 2.75) is 6.54 Å². The van der Waals surface area contributed by atoms with Crippen molar-refractivity contribution in [2.24, 2.45) is 0 Å². The number of nitrogen functional groups attached to an aromatic ring is 1. The fourth-order valence-corrected chi connectivity index (χ4v) is 3.09. The fourth-order valence-electron chi connectivity index (χ4n) is 1.66. The topological polar surface area (TPSA) is 77.0 Å². The molecule has 0 atom stereocenters. The second kappa shape index (κ2) is 4.58. The van der Waals surface area contributed by atoms with E-state index in [0.717, 1.165) is 10.2 Å². The van der Waals surface area contributed by atoms with Crippen LogP contribution < -0.4 is 11.1 Å². The van der Waals surface area contributed by atoms with Crippen molar-refractivity contribution < 1.29 is 4.63 Å². The zero-order valence-corrected chi connectivity index (χ0v) is 11.6. The second-order valence-electron chi connectivity index (χ2n) is 3.71. The number of rotatable bonds is 3.